The van der Waals surface area contributed by atoms with Crippen molar-refractivity contribution in [1.82, 2.24) is 9.88 Å². The number of halogens is 2. The largest absolute Gasteiger partial charge is 0.368 e. The van der Waals surface area contributed by atoms with Crippen molar-refractivity contribution in [2.24, 2.45) is 0 Å². The highest BCUT2D eigenvalue weighted by Crippen LogP contribution is 2.28. The normalized spacial score (nSPS) is 14.2. The molecule has 4 rings (SSSR count). The number of hydrogen-bond donors (Lipinski definition) is 1. The smallest absolute Gasteiger partial charge is 0.273 e. The molecule has 0 unspecified atom stereocenters. The fourth-order valence-corrected chi connectivity index (χ4v) is 4.08. The number of nitrogens with zero attached hydrogens (tertiary/aromatic N) is 3. The minimum atomic E-state index is -0.0360. The van der Waals surface area contributed by atoms with Crippen LogP contribution in [-0.2, 0) is 0 Å². The number of benzene rings is 2. The summed E-state index contributed by atoms with van der Waals surface area (Å²) in [6.07, 6.45) is 0. The van der Waals surface area contributed by atoms with Crippen LogP contribution in [0.3, 0.4) is 0 Å². The highest BCUT2D eigenvalue weighted by atomic mass is 35.5. The van der Waals surface area contributed by atoms with Gasteiger partial charge in [-0.25, -0.2) is 4.98 Å². The lowest BCUT2D eigenvalue weighted by atomic mass is 10.2. The number of hydrogen-bond acceptors (Lipinski definition) is 5. The highest BCUT2D eigenvalue weighted by Gasteiger charge is 2.24. The average Bonchev–Trinajstić information content (AvgIpc) is 3.19. The van der Waals surface area contributed by atoms with E-state index < -0.39 is 0 Å². The predicted molar refractivity (Wildman–Crippen MR) is 116 cm³/mol. The van der Waals surface area contributed by atoms with Crippen LogP contribution in [0.5, 0.6) is 0 Å². The lowest BCUT2D eigenvalue weighted by Crippen LogP contribution is -2.48. The third-order valence-electron chi connectivity index (χ3n) is 4.58. The molecule has 0 aliphatic carbocycles. The number of rotatable bonds is 4. The Morgan fingerprint density at radius 1 is 1.00 bits per heavy atom. The molecule has 5 nitrogen and oxygen atoms in total. The Morgan fingerprint density at radius 2 is 1.75 bits per heavy atom. The number of anilines is 3. The second kappa shape index (κ2) is 8.39. The number of piperazine rings is 1. The first-order chi connectivity index (χ1) is 13.6. The van der Waals surface area contributed by atoms with Gasteiger partial charge in [-0.1, -0.05) is 41.4 Å². The van der Waals surface area contributed by atoms with E-state index in [2.05, 4.69) is 15.2 Å². The van der Waals surface area contributed by atoms with E-state index in [9.17, 15) is 4.79 Å². The number of para-hydroxylation sites is 1. The van der Waals surface area contributed by atoms with Crippen molar-refractivity contribution in [1.29, 1.82) is 0 Å². The van der Waals surface area contributed by atoms with Crippen LogP contribution in [-0.4, -0.2) is 42.0 Å². The van der Waals surface area contributed by atoms with Crippen LogP contribution < -0.4 is 10.2 Å². The van der Waals surface area contributed by atoms with E-state index in [1.165, 1.54) is 11.3 Å². The van der Waals surface area contributed by atoms with Crippen molar-refractivity contribution < 1.29 is 4.79 Å². The first kappa shape index (κ1) is 19.1. The van der Waals surface area contributed by atoms with Crippen LogP contribution in [0.25, 0.3) is 0 Å². The monoisotopic (exact) mass is 432 g/mol. The summed E-state index contributed by atoms with van der Waals surface area (Å²) in [4.78, 5) is 21.3. The molecule has 2 aromatic carbocycles. The van der Waals surface area contributed by atoms with Gasteiger partial charge in [-0.3, -0.25) is 4.79 Å². The van der Waals surface area contributed by atoms with Crippen molar-refractivity contribution in [3.63, 3.8) is 0 Å². The van der Waals surface area contributed by atoms with Crippen LogP contribution in [0, 0.1) is 0 Å². The molecule has 0 atom stereocenters. The minimum Gasteiger partial charge on any atom is -0.368 e. The van der Waals surface area contributed by atoms with Crippen molar-refractivity contribution in [2.45, 2.75) is 0 Å². The van der Waals surface area contributed by atoms with Gasteiger partial charge in [-0.15, -0.1) is 11.3 Å². The second-order valence-electron chi connectivity index (χ2n) is 6.41. The maximum absolute atomic E-state index is 12.8. The zero-order chi connectivity index (χ0) is 19.5. The van der Waals surface area contributed by atoms with Crippen LogP contribution in [0.2, 0.25) is 10.0 Å². The molecule has 28 heavy (non-hydrogen) atoms. The summed E-state index contributed by atoms with van der Waals surface area (Å²) in [6.45, 7) is 2.75. The number of aromatic nitrogens is 1. The molecule has 0 spiro atoms. The minimum absolute atomic E-state index is 0.0360. The molecule has 8 heteroatoms. The van der Waals surface area contributed by atoms with E-state index in [1.807, 2.05) is 47.4 Å². The Bertz CT molecular complexity index is 971. The molecular weight excluding hydrogens is 415 g/mol. The molecule has 1 saturated heterocycles. The zero-order valence-corrected chi connectivity index (χ0v) is 17.3. The Morgan fingerprint density at radius 3 is 2.46 bits per heavy atom. The first-order valence-electron chi connectivity index (χ1n) is 8.87. The fraction of sp³-hybridized carbons (Fsp3) is 0.200. The highest BCUT2D eigenvalue weighted by molar-refractivity contribution is 7.14. The van der Waals surface area contributed by atoms with E-state index in [-0.39, 0.29) is 5.91 Å². The third kappa shape index (κ3) is 4.24. The number of nitrogens with one attached hydrogen (secondary N) is 1. The number of amides is 1. The average molecular weight is 433 g/mol. The van der Waals surface area contributed by atoms with Gasteiger partial charge < -0.3 is 15.1 Å². The van der Waals surface area contributed by atoms with E-state index in [0.29, 0.717) is 34.0 Å². The maximum Gasteiger partial charge on any atom is 0.273 e. The van der Waals surface area contributed by atoms with Crippen LogP contribution >= 0.6 is 34.5 Å². The number of thiazole rings is 1. The van der Waals surface area contributed by atoms with E-state index in [0.717, 1.165) is 24.5 Å². The summed E-state index contributed by atoms with van der Waals surface area (Å²) in [6, 6.07) is 15.4. The van der Waals surface area contributed by atoms with Gasteiger partial charge in [-0.05, 0) is 30.3 Å². The lowest BCUT2D eigenvalue weighted by Gasteiger charge is -2.36. The molecule has 1 aliphatic heterocycles. The Balaban J connectivity index is 1.37. The van der Waals surface area contributed by atoms with Crippen molar-refractivity contribution in [3.8, 4) is 0 Å². The molecule has 3 aromatic rings. The van der Waals surface area contributed by atoms with Crippen molar-refractivity contribution in [3.05, 3.63) is 69.7 Å². The molecule has 0 radical (unpaired) electrons. The van der Waals surface area contributed by atoms with Crippen molar-refractivity contribution in [2.75, 3.05) is 36.4 Å². The maximum atomic E-state index is 12.8. The molecule has 0 saturated carbocycles. The molecule has 1 amide bonds. The van der Waals surface area contributed by atoms with Crippen LogP contribution in [0.4, 0.5) is 16.5 Å². The van der Waals surface area contributed by atoms with Gasteiger partial charge in [0, 0.05) is 42.9 Å². The SMILES string of the molecule is O=C(c1csc(Nc2ccccc2)n1)N1CCN(c2ccc(Cl)c(Cl)c2)CC1. The number of carbonyl (C=O) groups excluding carboxylic acids is 1. The molecule has 1 fully saturated rings. The fourth-order valence-electron chi connectivity index (χ4n) is 3.09. The van der Waals surface area contributed by atoms with Crippen LogP contribution in [0.1, 0.15) is 10.5 Å². The Labute approximate surface area is 177 Å². The summed E-state index contributed by atoms with van der Waals surface area (Å²) in [5, 5.41) is 6.83. The first-order valence-corrected chi connectivity index (χ1v) is 10.5. The number of carbonyl (C=O) groups is 1. The molecule has 0 bridgehead atoms. The van der Waals surface area contributed by atoms with Crippen LogP contribution in [0.15, 0.2) is 53.9 Å². The van der Waals surface area contributed by atoms with Gasteiger partial charge in [-0.2, -0.15) is 0 Å². The van der Waals surface area contributed by atoms with Gasteiger partial charge in [0.15, 0.2) is 5.13 Å². The lowest BCUT2D eigenvalue weighted by molar-refractivity contribution is 0.0742. The van der Waals surface area contributed by atoms with E-state index in [4.69, 9.17) is 23.2 Å². The molecule has 2 heterocycles. The zero-order valence-electron chi connectivity index (χ0n) is 14.9. The summed E-state index contributed by atoms with van der Waals surface area (Å²) in [5.41, 5.74) is 2.45. The summed E-state index contributed by atoms with van der Waals surface area (Å²) >= 11 is 13.5. The van der Waals surface area contributed by atoms with Crippen molar-refractivity contribution >= 4 is 57.0 Å². The van der Waals surface area contributed by atoms with E-state index >= 15 is 0 Å². The van der Waals surface area contributed by atoms with Gasteiger partial charge in [0.1, 0.15) is 5.69 Å². The third-order valence-corrected chi connectivity index (χ3v) is 6.08. The summed E-state index contributed by atoms with van der Waals surface area (Å²) < 4.78 is 0. The molecule has 144 valence electrons. The quantitative estimate of drug-likeness (QED) is 0.618. The standard InChI is InChI=1S/C20H18Cl2N4OS/c21-16-7-6-15(12-17(16)22)25-8-10-26(11-9-25)19(27)18-13-28-20(24-18)23-14-4-2-1-3-5-14/h1-7,12-13H,8-11H2,(H,23,24). The Kier molecular flexibility index (Phi) is 5.71. The predicted octanol–water partition coefficient (Wildman–Crippen LogP) is 5.16. The van der Waals surface area contributed by atoms with Gasteiger partial charge >= 0.3 is 0 Å². The Hall–Kier alpha value is -2.28. The molecule has 1 aromatic heterocycles. The van der Waals surface area contributed by atoms with Gasteiger partial charge in [0.25, 0.3) is 5.91 Å². The molecule has 1 aliphatic rings. The second-order valence-corrected chi connectivity index (χ2v) is 8.08. The summed E-state index contributed by atoms with van der Waals surface area (Å²) in [7, 11) is 0. The summed E-state index contributed by atoms with van der Waals surface area (Å²) in [5.74, 6) is -0.0360. The topological polar surface area (TPSA) is 48.5 Å². The van der Waals surface area contributed by atoms with E-state index in [1.54, 1.807) is 11.4 Å². The van der Waals surface area contributed by atoms with Gasteiger partial charge in [0.2, 0.25) is 0 Å². The molecule has 1 N–H and O–H groups in total. The molecular formula is C20H18Cl2N4OS. The van der Waals surface area contributed by atoms with Gasteiger partial charge in [0.05, 0.1) is 10.0 Å².